The number of thioether (sulfide) groups is 1. The molecule has 2 aromatic carbocycles. The van der Waals surface area contributed by atoms with Gasteiger partial charge in [0.2, 0.25) is 5.91 Å². The van der Waals surface area contributed by atoms with Crippen LogP contribution in [-0.2, 0) is 22.6 Å². The Morgan fingerprint density at radius 1 is 1.03 bits per heavy atom. The van der Waals surface area contributed by atoms with Gasteiger partial charge in [0.1, 0.15) is 5.75 Å². The highest BCUT2D eigenvalue weighted by atomic mass is 32.2. The van der Waals surface area contributed by atoms with Crippen LogP contribution in [0.3, 0.4) is 0 Å². The molecule has 2 aromatic heterocycles. The molecule has 9 heteroatoms. The van der Waals surface area contributed by atoms with E-state index in [1.54, 1.807) is 31.5 Å². The van der Waals surface area contributed by atoms with E-state index in [1.165, 1.54) is 11.8 Å². The van der Waals surface area contributed by atoms with Crippen molar-refractivity contribution in [2.24, 2.45) is 0 Å². The van der Waals surface area contributed by atoms with Crippen molar-refractivity contribution in [1.82, 2.24) is 24.6 Å². The summed E-state index contributed by atoms with van der Waals surface area (Å²) in [4.78, 5) is 18.7. The summed E-state index contributed by atoms with van der Waals surface area (Å²) < 4.78 is 12.5. The maximum Gasteiger partial charge on any atom is 0.233 e. The van der Waals surface area contributed by atoms with E-state index in [0.29, 0.717) is 24.9 Å². The van der Waals surface area contributed by atoms with Crippen LogP contribution in [0.15, 0.2) is 66.1 Å². The van der Waals surface area contributed by atoms with Crippen molar-refractivity contribution in [3.8, 4) is 17.1 Å². The number of amides is 1. The number of fused-ring (bicyclic) bond motifs is 1. The second-order valence-corrected chi connectivity index (χ2v) is 8.71. The summed E-state index contributed by atoms with van der Waals surface area (Å²) in [5, 5.41) is 11.6. The molecule has 1 amide bonds. The molecule has 0 radical (unpaired) electrons. The maximum atomic E-state index is 12.9. The van der Waals surface area contributed by atoms with Gasteiger partial charge in [0.15, 0.2) is 11.0 Å². The highest BCUT2D eigenvalue weighted by molar-refractivity contribution is 7.99. The molecular formula is C25H27N5O3S. The van der Waals surface area contributed by atoms with Gasteiger partial charge in [-0.1, -0.05) is 30.0 Å². The fourth-order valence-corrected chi connectivity index (χ4v) is 4.50. The largest absolute Gasteiger partial charge is 0.497 e. The first-order valence-corrected chi connectivity index (χ1v) is 11.8. The fourth-order valence-electron chi connectivity index (χ4n) is 3.59. The van der Waals surface area contributed by atoms with Crippen molar-refractivity contribution in [1.29, 1.82) is 0 Å². The molecule has 4 aromatic rings. The number of pyridine rings is 1. The van der Waals surface area contributed by atoms with Crippen LogP contribution in [0.5, 0.6) is 5.75 Å². The topological polar surface area (TPSA) is 82.4 Å². The predicted molar refractivity (Wildman–Crippen MR) is 133 cm³/mol. The standard InChI is InChI=1S/C25H27N5O3S/c1-29(16-18-4-5-21-15-22(33-3)7-6-20(21)14-18)23(31)17-34-25-28-27-24(30(25)12-13-32-2)19-8-10-26-11-9-19/h4-11,14-15H,12-13,16-17H2,1-3H3. The highest BCUT2D eigenvalue weighted by Crippen LogP contribution is 2.25. The molecule has 8 nitrogen and oxygen atoms in total. The van der Waals surface area contributed by atoms with Gasteiger partial charge in [0.05, 0.1) is 26.0 Å². The zero-order valence-electron chi connectivity index (χ0n) is 19.5. The first-order chi connectivity index (χ1) is 16.6. The molecule has 0 fully saturated rings. The van der Waals surface area contributed by atoms with Crippen LogP contribution in [0, 0.1) is 0 Å². The van der Waals surface area contributed by atoms with Crippen LogP contribution in [-0.4, -0.2) is 64.2 Å². The smallest absolute Gasteiger partial charge is 0.233 e. The first kappa shape index (κ1) is 23.7. The van der Waals surface area contributed by atoms with Crippen LogP contribution in [0.25, 0.3) is 22.2 Å². The fraction of sp³-hybridized carbons (Fsp3) is 0.280. The van der Waals surface area contributed by atoms with Crippen LogP contribution < -0.4 is 4.74 Å². The van der Waals surface area contributed by atoms with Gasteiger partial charge in [0, 0.05) is 38.7 Å². The lowest BCUT2D eigenvalue weighted by atomic mass is 10.1. The normalized spacial score (nSPS) is 11.0. The van der Waals surface area contributed by atoms with Crippen molar-refractivity contribution in [3.05, 3.63) is 66.5 Å². The van der Waals surface area contributed by atoms with Gasteiger partial charge >= 0.3 is 0 Å². The molecule has 0 aliphatic rings. The average molecular weight is 478 g/mol. The van der Waals surface area contributed by atoms with Crippen molar-refractivity contribution < 1.29 is 14.3 Å². The van der Waals surface area contributed by atoms with E-state index in [1.807, 2.05) is 48.0 Å². The number of aromatic nitrogens is 4. The molecule has 0 atom stereocenters. The second-order valence-electron chi connectivity index (χ2n) is 7.77. The van der Waals surface area contributed by atoms with E-state index >= 15 is 0 Å². The van der Waals surface area contributed by atoms with Crippen LogP contribution >= 0.6 is 11.8 Å². The summed E-state index contributed by atoms with van der Waals surface area (Å²) >= 11 is 1.38. The Morgan fingerprint density at radius 3 is 2.56 bits per heavy atom. The number of ether oxygens (including phenoxy) is 2. The van der Waals surface area contributed by atoms with Crippen molar-refractivity contribution in [3.63, 3.8) is 0 Å². The Labute approximate surface area is 202 Å². The Morgan fingerprint density at radius 2 is 1.79 bits per heavy atom. The number of benzene rings is 2. The number of hydrogen-bond donors (Lipinski definition) is 0. The summed E-state index contributed by atoms with van der Waals surface area (Å²) in [5.41, 5.74) is 1.99. The summed E-state index contributed by atoms with van der Waals surface area (Å²) in [5.74, 6) is 1.85. The monoisotopic (exact) mass is 477 g/mol. The van der Waals surface area contributed by atoms with Gasteiger partial charge < -0.3 is 14.4 Å². The highest BCUT2D eigenvalue weighted by Gasteiger charge is 2.17. The summed E-state index contributed by atoms with van der Waals surface area (Å²) in [6, 6.07) is 16.0. The Kier molecular flexibility index (Phi) is 7.76. The van der Waals surface area contributed by atoms with E-state index in [4.69, 9.17) is 9.47 Å². The minimum atomic E-state index is 0.0200. The third kappa shape index (κ3) is 5.55. The molecule has 0 aliphatic heterocycles. The van der Waals surface area contributed by atoms with Crippen molar-refractivity contribution >= 4 is 28.4 Å². The van der Waals surface area contributed by atoms with Crippen molar-refractivity contribution in [2.45, 2.75) is 18.2 Å². The molecule has 0 N–H and O–H groups in total. The molecule has 0 spiro atoms. The molecular weight excluding hydrogens is 450 g/mol. The zero-order valence-corrected chi connectivity index (χ0v) is 20.3. The lowest BCUT2D eigenvalue weighted by Crippen LogP contribution is -2.28. The maximum absolute atomic E-state index is 12.9. The number of methoxy groups -OCH3 is 2. The molecule has 0 saturated carbocycles. The zero-order chi connectivity index (χ0) is 23.9. The van der Waals surface area contributed by atoms with Gasteiger partial charge in [-0.25, -0.2) is 0 Å². The summed E-state index contributed by atoms with van der Waals surface area (Å²) in [6.45, 7) is 1.64. The lowest BCUT2D eigenvalue weighted by molar-refractivity contribution is -0.127. The minimum absolute atomic E-state index is 0.0200. The molecule has 4 rings (SSSR count). The molecule has 176 valence electrons. The van der Waals surface area contributed by atoms with Crippen LogP contribution in [0.1, 0.15) is 5.56 Å². The van der Waals surface area contributed by atoms with Crippen LogP contribution in [0.2, 0.25) is 0 Å². The van der Waals surface area contributed by atoms with Gasteiger partial charge in [-0.3, -0.25) is 14.3 Å². The number of rotatable bonds is 10. The first-order valence-electron chi connectivity index (χ1n) is 10.8. The Bertz CT molecular complexity index is 1260. The SMILES string of the molecule is COCCn1c(SCC(=O)N(C)Cc2ccc3cc(OC)ccc3c2)nnc1-c1ccncc1. The second kappa shape index (κ2) is 11.1. The lowest BCUT2D eigenvalue weighted by Gasteiger charge is -2.17. The number of nitrogens with zero attached hydrogens (tertiary/aromatic N) is 5. The van der Waals surface area contributed by atoms with Crippen LogP contribution in [0.4, 0.5) is 0 Å². The third-order valence-electron chi connectivity index (χ3n) is 5.46. The molecule has 0 bridgehead atoms. The summed E-state index contributed by atoms with van der Waals surface area (Å²) in [7, 11) is 5.14. The molecule has 0 unspecified atom stereocenters. The minimum Gasteiger partial charge on any atom is -0.497 e. The molecule has 2 heterocycles. The summed E-state index contributed by atoms with van der Waals surface area (Å²) in [6.07, 6.45) is 3.44. The van der Waals surface area contributed by atoms with E-state index in [-0.39, 0.29) is 11.7 Å². The van der Waals surface area contributed by atoms with E-state index in [0.717, 1.165) is 33.5 Å². The predicted octanol–water partition coefficient (Wildman–Crippen LogP) is 3.90. The van der Waals surface area contributed by atoms with E-state index in [9.17, 15) is 4.79 Å². The number of carbonyl (C=O) groups is 1. The third-order valence-corrected chi connectivity index (χ3v) is 6.41. The van der Waals surface area contributed by atoms with E-state index in [2.05, 4.69) is 27.3 Å². The Balaban J connectivity index is 1.42. The average Bonchev–Trinajstić information content (AvgIpc) is 3.28. The van der Waals surface area contributed by atoms with Gasteiger partial charge in [-0.15, -0.1) is 10.2 Å². The van der Waals surface area contributed by atoms with Gasteiger partial charge in [-0.05, 0) is 46.7 Å². The van der Waals surface area contributed by atoms with E-state index < -0.39 is 0 Å². The Hall–Kier alpha value is -3.43. The van der Waals surface area contributed by atoms with Crippen molar-refractivity contribution in [2.75, 3.05) is 33.6 Å². The van der Waals surface area contributed by atoms with Gasteiger partial charge in [-0.2, -0.15) is 0 Å². The molecule has 0 aliphatic carbocycles. The van der Waals surface area contributed by atoms with Gasteiger partial charge in [0.25, 0.3) is 0 Å². The molecule has 0 saturated heterocycles. The number of hydrogen-bond acceptors (Lipinski definition) is 7. The molecule has 34 heavy (non-hydrogen) atoms. The quantitative estimate of drug-likeness (QED) is 0.320. The number of carbonyl (C=O) groups excluding carboxylic acids is 1.